The van der Waals surface area contributed by atoms with Crippen LogP contribution < -0.4 is 5.32 Å². The van der Waals surface area contributed by atoms with E-state index in [1.54, 1.807) is 0 Å². The second-order valence-corrected chi connectivity index (χ2v) is 4.72. The third-order valence-corrected chi connectivity index (χ3v) is 2.98. The lowest BCUT2D eigenvalue weighted by molar-refractivity contribution is 0.146. The van der Waals surface area contributed by atoms with Gasteiger partial charge in [0.25, 0.3) is 0 Å². The molecule has 0 spiro atoms. The maximum Gasteiger partial charge on any atom is 0.240 e. The van der Waals surface area contributed by atoms with Crippen LogP contribution in [0, 0.1) is 0 Å². The third kappa shape index (κ3) is 2.59. The van der Waals surface area contributed by atoms with Gasteiger partial charge >= 0.3 is 0 Å². The third-order valence-electron chi connectivity index (χ3n) is 2.98. The van der Waals surface area contributed by atoms with Crippen molar-refractivity contribution in [2.45, 2.75) is 39.3 Å². The van der Waals surface area contributed by atoms with Gasteiger partial charge in [0.2, 0.25) is 5.89 Å². The van der Waals surface area contributed by atoms with E-state index in [2.05, 4.69) is 41.1 Å². The summed E-state index contributed by atoms with van der Waals surface area (Å²) in [7, 11) is 0. The lowest BCUT2D eigenvalue weighted by atomic mass is 10.2. The van der Waals surface area contributed by atoms with E-state index in [1.165, 1.54) is 0 Å². The molecule has 1 aliphatic rings. The van der Waals surface area contributed by atoms with Gasteiger partial charge in [-0.1, -0.05) is 19.0 Å². The highest BCUT2D eigenvalue weighted by atomic mass is 16.5. The van der Waals surface area contributed by atoms with Gasteiger partial charge in [-0.3, -0.25) is 4.90 Å². The number of rotatable bonds is 3. The molecular formula is C11H20N4O. The molecule has 1 atom stereocenters. The summed E-state index contributed by atoms with van der Waals surface area (Å²) in [6.07, 6.45) is 0. The number of hydrogen-bond acceptors (Lipinski definition) is 5. The first-order valence-electron chi connectivity index (χ1n) is 5.94. The minimum atomic E-state index is 0.331. The number of hydrogen-bond donors (Lipinski definition) is 1. The van der Waals surface area contributed by atoms with Gasteiger partial charge in [0.15, 0.2) is 5.82 Å². The van der Waals surface area contributed by atoms with Crippen molar-refractivity contribution < 1.29 is 4.52 Å². The second kappa shape index (κ2) is 4.93. The Kier molecular flexibility index (Phi) is 3.56. The van der Waals surface area contributed by atoms with Gasteiger partial charge in [0, 0.05) is 31.6 Å². The summed E-state index contributed by atoms with van der Waals surface area (Å²) in [5, 5.41) is 7.34. The maximum atomic E-state index is 5.25. The number of aromatic nitrogens is 2. The number of nitrogens with zero attached hydrogens (tertiary/aromatic N) is 3. The Morgan fingerprint density at radius 2 is 2.38 bits per heavy atom. The minimum absolute atomic E-state index is 0.331. The van der Waals surface area contributed by atoms with Crippen molar-refractivity contribution in [3.63, 3.8) is 0 Å². The van der Waals surface area contributed by atoms with E-state index >= 15 is 0 Å². The Labute approximate surface area is 96.2 Å². The van der Waals surface area contributed by atoms with Crippen molar-refractivity contribution in [3.05, 3.63) is 11.7 Å². The highest BCUT2D eigenvalue weighted by molar-refractivity contribution is 4.92. The van der Waals surface area contributed by atoms with Crippen molar-refractivity contribution in [2.75, 3.05) is 19.6 Å². The first kappa shape index (κ1) is 11.5. The molecular weight excluding hydrogens is 204 g/mol. The van der Waals surface area contributed by atoms with Crippen molar-refractivity contribution >= 4 is 0 Å². The lowest BCUT2D eigenvalue weighted by Crippen LogP contribution is -2.49. The van der Waals surface area contributed by atoms with E-state index in [0.717, 1.165) is 37.9 Å². The van der Waals surface area contributed by atoms with Gasteiger partial charge in [-0.25, -0.2) is 0 Å². The van der Waals surface area contributed by atoms with Crippen LogP contribution in [0.4, 0.5) is 0 Å². The van der Waals surface area contributed by atoms with Crippen molar-refractivity contribution in [3.8, 4) is 0 Å². The van der Waals surface area contributed by atoms with Crippen LogP contribution in [0.15, 0.2) is 4.52 Å². The zero-order valence-corrected chi connectivity index (χ0v) is 10.2. The predicted octanol–water partition coefficient (Wildman–Crippen LogP) is 0.987. The Balaban J connectivity index is 1.97. The molecule has 0 unspecified atom stereocenters. The van der Waals surface area contributed by atoms with Gasteiger partial charge in [-0.2, -0.15) is 4.98 Å². The summed E-state index contributed by atoms with van der Waals surface area (Å²) in [6, 6.07) is 0.531. The van der Waals surface area contributed by atoms with Gasteiger partial charge < -0.3 is 9.84 Å². The normalized spacial score (nSPS) is 22.9. The highest BCUT2D eigenvalue weighted by Crippen LogP contribution is 2.12. The second-order valence-electron chi connectivity index (χ2n) is 4.72. The smallest absolute Gasteiger partial charge is 0.240 e. The Morgan fingerprint density at radius 3 is 3.00 bits per heavy atom. The molecule has 5 nitrogen and oxygen atoms in total. The number of nitrogens with one attached hydrogen (secondary N) is 1. The van der Waals surface area contributed by atoms with Gasteiger partial charge in [0.1, 0.15) is 0 Å². The van der Waals surface area contributed by atoms with E-state index in [4.69, 9.17) is 4.52 Å². The highest BCUT2D eigenvalue weighted by Gasteiger charge is 2.20. The fraction of sp³-hybridized carbons (Fsp3) is 0.818. The monoisotopic (exact) mass is 224 g/mol. The Bertz CT molecular complexity index is 336. The van der Waals surface area contributed by atoms with Crippen LogP contribution in [0.25, 0.3) is 0 Å². The molecule has 2 rings (SSSR count). The first-order valence-corrected chi connectivity index (χ1v) is 5.94. The van der Waals surface area contributed by atoms with E-state index in [0.29, 0.717) is 12.0 Å². The van der Waals surface area contributed by atoms with Gasteiger partial charge in [-0.05, 0) is 6.92 Å². The summed E-state index contributed by atoms with van der Waals surface area (Å²) in [5.74, 6) is 1.87. The molecule has 16 heavy (non-hydrogen) atoms. The average Bonchev–Trinajstić information content (AvgIpc) is 2.70. The first-order chi connectivity index (χ1) is 7.66. The molecule has 0 bridgehead atoms. The molecule has 0 amide bonds. The molecule has 1 aliphatic heterocycles. The van der Waals surface area contributed by atoms with Crippen LogP contribution in [0.1, 0.15) is 38.4 Å². The molecule has 1 aromatic rings. The van der Waals surface area contributed by atoms with E-state index in [1.807, 2.05) is 0 Å². The molecule has 1 saturated heterocycles. The average molecular weight is 224 g/mol. The quantitative estimate of drug-likeness (QED) is 0.829. The zero-order chi connectivity index (χ0) is 11.5. The topological polar surface area (TPSA) is 54.2 Å². The van der Waals surface area contributed by atoms with Crippen molar-refractivity contribution in [2.24, 2.45) is 0 Å². The standard InChI is InChI=1S/C11H20N4O/c1-8(2)11-13-10(16-14-11)7-15-5-4-12-6-9(15)3/h8-9,12H,4-7H2,1-3H3/t9-/m1/s1. The van der Waals surface area contributed by atoms with Gasteiger partial charge in [0.05, 0.1) is 6.54 Å². The van der Waals surface area contributed by atoms with E-state index in [9.17, 15) is 0 Å². The fourth-order valence-electron chi connectivity index (χ4n) is 1.86. The molecule has 90 valence electrons. The van der Waals surface area contributed by atoms with Crippen molar-refractivity contribution in [1.82, 2.24) is 20.4 Å². The molecule has 0 saturated carbocycles. The van der Waals surface area contributed by atoms with Crippen LogP contribution in [-0.4, -0.2) is 40.7 Å². The van der Waals surface area contributed by atoms with Crippen molar-refractivity contribution in [1.29, 1.82) is 0 Å². The summed E-state index contributed by atoms with van der Waals surface area (Å²) in [5.41, 5.74) is 0. The predicted molar refractivity (Wildman–Crippen MR) is 61.1 cm³/mol. The molecule has 2 heterocycles. The molecule has 1 fully saturated rings. The summed E-state index contributed by atoms with van der Waals surface area (Å²) >= 11 is 0. The number of piperazine rings is 1. The van der Waals surface area contributed by atoms with Crippen LogP contribution in [-0.2, 0) is 6.54 Å². The maximum absolute atomic E-state index is 5.25. The SMILES string of the molecule is CC(C)c1noc(CN2CCNC[C@H]2C)n1. The summed E-state index contributed by atoms with van der Waals surface area (Å²) < 4.78 is 5.25. The molecule has 0 aromatic carbocycles. The summed E-state index contributed by atoms with van der Waals surface area (Å²) in [6.45, 7) is 10.2. The van der Waals surface area contributed by atoms with Crippen LogP contribution in [0.2, 0.25) is 0 Å². The molecule has 5 heteroatoms. The molecule has 1 aromatic heterocycles. The van der Waals surface area contributed by atoms with Gasteiger partial charge in [-0.15, -0.1) is 0 Å². The molecule has 0 aliphatic carbocycles. The zero-order valence-electron chi connectivity index (χ0n) is 10.2. The van der Waals surface area contributed by atoms with Crippen LogP contribution in [0.5, 0.6) is 0 Å². The molecule has 0 radical (unpaired) electrons. The minimum Gasteiger partial charge on any atom is -0.338 e. The lowest BCUT2D eigenvalue weighted by Gasteiger charge is -2.32. The molecule has 1 N–H and O–H groups in total. The van der Waals surface area contributed by atoms with Crippen LogP contribution >= 0.6 is 0 Å². The Morgan fingerprint density at radius 1 is 1.56 bits per heavy atom. The summed E-state index contributed by atoms with van der Waals surface area (Å²) in [4.78, 5) is 6.77. The van der Waals surface area contributed by atoms with E-state index in [-0.39, 0.29) is 0 Å². The largest absolute Gasteiger partial charge is 0.338 e. The fourth-order valence-corrected chi connectivity index (χ4v) is 1.86. The Hall–Kier alpha value is -0.940. The van der Waals surface area contributed by atoms with Crippen LogP contribution in [0.3, 0.4) is 0 Å². The van der Waals surface area contributed by atoms with E-state index < -0.39 is 0 Å².